The molecule has 0 spiro atoms. The number of carbonyl (C=O) groups is 2. The van der Waals surface area contributed by atoms with Crippen LogP contribution in [0, 0.1) is 0 Å². The van der Waals surface area contributed by atoms with E-state index in [-0.39, 0.29) is 24.4 Å². The molecule has 1 aliphatic carbocycles. The topological polar surface area (TPSA) is 88.7 Å². The number of carbonyl (C=O) groups excluding carboxylic acids is 2. The molecule has 0 aliphatic heterocycles. The molecular formula is C24H30ClN3O4. The van der Waals surface area contributed by atoms with E-state index in [0.717, 1.165) is 37.1 Å². The second-order valence-corrected chi connectivity index (χ2v) is 8.18. The van der Waals surface area contributed by atoms with Gasteiger partial charge in [-0.3, -0.25) is 9.59 Å². The van der Waals surface area contributed by atoms with Crippen molar-refractivity contribution in [3.05, 3.63) is 53.1 Å². The monoisotopic (exact) mass is 459 g/mol. The Morgan fingerprint density at radius 2 is 1.72 bits per heavy atom. The Bertz CT molecular complexity index is 899. The normalized spacial score (nSPS) is 13.9. The SMILES string of the molecule is COCCOc1ccc(NCC(=O)Nc2ccc(Cl)c(C(=O)NC3CCCCC3)c2)cc1. The average molecular weight is 460 g/mol. The van der Waals surface area contributed by atoms with Gasteiger partial charge < -0.3 is 25.4 Å². The molecule has 1 saturated carbocycles. The van der Waals surface area contributed by atoms with Gasteiger partial charge in [0.2, 0.25) is 5.91 Å². The fraction of sp³-hybridized carbons (Fsp3) is 0.417. The molecule has 2 amide bonds. The Hall–Kier alpha value is -2.77. The Kier molecular flexibility index (Phi) is 9.19. The minimum absolute atomic E-state index is 0.0795. The third-order valence-electron chi connectivity index (χ3n) is 5.30. The molecule has 1 aliphatic rings. The standard InChI is InChI=1S/C24H30ClN3O4/c1-31-13-14-32-20-10-7-17(8-11-20)26-16-23(29)27-19-9-12-22(25)21(15-19)24(30)28-18-5-3-2-4-6-18/h7-12,15,18,26H,2-6,13-14,16H2,1H3,(H,27,29)(H,28,30). The van der Waals surface area contributed by atoms with Crippen molar-refractivity contribution < 1.29 is 19.1 Å². The van der Waals surface area contributed by atoms with Crippen LogP contribution in [0.15, 0.2) is 42.5 Å². The largest absolute Gasteiger partial charge is 0.491 e. The number of ether oxygens (including phenoxy) is 2. The van der Waals surface area contributed by atoms with E-state index in [2.05, 4.69) is 16.0 Å². The summed E-state index contributed by atoms with van der Waals surface area (Å²) in [7, 11) is 1.62. The lowest BCUT2D eigenvalue weighted by Crippen LogP contribution is -2.36. The van der Waals surface area contributed by atoms with Crippen molar-refractivity contribution in [2.24, 2.45) is 0 Å². The molecule has 0 unspecified atom stereocenters. The summed E-state index contributed by atoms with van der Waals surface area (Å²) in [5.74, 6) is 0.299. The van der Waals surface area contributed by atoms with Gasteiger partial charge in [0.05, 0.1) is 23.7 Å². The van der Waals surface area contributed by atoms with Crippen molar-refractivity contribution in [2.45, 2.75) is 38.1 Å². The van der Waals surface area contributed by atoms with E-state index in [9.17, 15) is 9.59 Å². The smallest absolute Gasteiger partial charge is 0.253 e. The van der Waals surface area contributed by atoms with Crippen molar-refractivity contribution >= 4 is 34.8 Å². The number of hydrogen-bond acceptors (Lipinski definition) is 5. The van der Waals surface area contributed by atoms with Crippen LogP contribution in [0.1, 0.15) is 42.5 Å². The minimum atomic E-state index is -0.230. The van der Waals surface area contributed by atoms with Gasteiger partial charge in [-0.15, -0.1) is 0 Å². The molecule has 2 aromatic rings. The zero-order valence-electron chi connectivity index (χ0n) is 18.3. The second-order valence-electron chi connectivity index (χ2n) is 7.77. The van der Waals surface area contributed by atoms with Gasteiger partial charge >= 0.3 is 0 Å². The zero-order chi connectivity index (χ0) is 22.8. The Morgan fingerprint density at radius 1 is 1.00 bits per heavy atom. The van der Waals surface area contributed by atoms with Gasteiger partial charge in [0.1, 0.15) is 12.4 Å². The van der Waals surface area contributed by atoms with Crippen LogP contribution in [0.5, 0.6) is 5.75 Å². The summed E-state index contributed by atoms with van der Waals surface area (Å²) in [4.78, 5) is 25.0. The van der Waals surface area contributed by atoms with Gasteiger partial charge in [-0.05, 0) is 55.3 Å². The molecule has 0 atom stereocenters. The Morgan fingerprint density at radius 3 is 2.44 bits per heavy atom. The van der Waals surface area contributed by atoms with E-state index in [4.69, 9.17) is 21.1 Å². The van der Waals surface area contributed by atoms with E-state index in [0.29, 0.717) is 29.5 Å². The summed E-state index contributed by atoms with van der Waals surface area (Å²) >= 11 is 6.24. The molecule has 8 heteroatoms. The van der Waals surface area contributed by atoms with Crippen molar-refractivity contribution in [1.29, 1.82) is 0 Å². The molecule has 0 bridgehead atoms. The van der Waals surface area contributed by atoms with Crippen LogP contribution in [0.3, 0.4) is 0 Å². The van der Waals surface area contributed by atoms with E-state index in [1.54, 1.807) is 25.3 Å². The van der Waals surface area contributed by atoms with Crippen LogP contribution < -0.4 is 20.7 Å². The van der Waals surface area contributed by atoms with E-state index in [1.165, 1.54) is 6.42 Å². The predicted molar refractivity (Wildman–Crippen MR) is 127 cm³/mol. The fourth-order valence-electron chi connectivity index (χ4n) is 3.59. The van der Waals surface area contributed by atoms with Crippen LogP contribution >= 0.6 is 11.6 Å². The molecule has 172 valence electrons. The van der Waals surface area contributed by atoms with Crippen LogP contribution in [0.2, 0.25) is 5.02 Å². The molecule has 0 aromatic heterocycles. The molecule has 3 rings (SSSR count). The van der Waals surface area contributed by atoms with Crippen molar-refractivity contribution in [3.8, 4) is 5.75 Å². The molecule has 32 heavy (non-hydrogen) atoms. The first-order valence-electron chi connectivity index (χ1n) is 10.9. The number of anilines is 2. The summed E-state index contributed by atoms with van der Waals surface area (Å²) in [6.45, 7) is 1.08. The van der Waals surface area contributed by atoms with Crippen LogP contribution in [-0.4, -0.2) is 44.7 Å². The summed E-state index contributed by atoms with van der Waals surface area (Å²) in [6.07, 6.45) is 5.46. The first-order chi connectivity index (χ1) is 15.5. The Balaban J connectivity index is 1.50. The van der Waals surface area contributed by atoms with E-state index in [1.807, 2.05) is 24.3 Å². The summed E-state index contributed by atoms with van der Waals surface area (Å²) in [5, 5.41) is 9.29. The minimum Gasteiger partial charge on any atom is -0.491 e. The number of amides is 2. The van der Waals surface area contributed by atoms with Crippen LogP contribution in [-0.2, 0) is 9.53 Å². The lowest BCUT2D eigenvalue weighted by molar-refractivity contribution is -0.114. The third-order valence-corrected chi connectivity index (χ3v) is 5.63. The number of halogens is 1. The van der Waals surface area contributed by atoms with Gasteiger partial charge in [-0.1, -0.05) is 30.9 Å². The maximum Gasteiger partial charge on any atom is 0.253 e. The molecule has 7 nitrogen and oxygen atoms in total. The van der Waals surface area contributed by atoms with Crippen LogP contribution in [0.25, 0.3) is 0 Å². The highest BCUT2D eigenvalue weighted by atomic mass is 35.5. The fourth-order valence-corrected chi connectivity index (χ4v) is 3.79. The van der Waals surface area contributed by atoms with Crippen molar-refractivity contribution in [2.75, 3.05) is 37.5 Å². The predicted octanol–water partition coefficient (Wildman–Crippen LogP) is 4.48. The number of rotatable bonds is 10. The van der Waals surface area contributed by atoms with Gasteiger partial charge in [-0.25, -0.2) is 0 Å². The van der Waals surface area contributed by atoms with E-state index < -0.39 is 0 Å². The molecule has 0 saturated heterocycles. The highest BCUT2D eigenvalue weighted by Crippen LogP contribution is 2.23. The molecule has 2 aromatic carbocycles. The van der Waals surface area contributed by atoms with Gasteiger partial charge in [0, 0.05) is 24.5 Å². The number of methoxy groups -OCH3 is 1. The van der Waals surface area contributed by atoms with Crippen molar-refractivity contribution in [3.63, 3.8) is 0 Å². The number of nitrogens with one attached hydrogen (secondary N) is 3. The first-order valence-corrected chi connectivity index (χ1v) is 11.3. The maximum atomic E-state index is 12.7. The maximum absolute atomic E-state index is 12.7. The highest BCUT2D eigenvalue weighted by Gasteiger charge is 2.19. The first kappa shape index (κ1) is 23.9. The molecular weight excluding hydrogens is 430 g/mol. The average Bonchev–Trinajstić information content (AvgIpc) is 2.80. The molecule has 0 heterocycles. The number of hydrogen-bond donors (Lipinski definition) is 3. The summed E-state index contributed by atoms with van der Waals surface area (Å²) < 4.78 is 10.5. The van der Waals surface area contributed by atoms with Gasteiger partial charge in [0.15, 0.2) is 0 Å². The Labute approximate surface area is 193 Å². The second kappa shape index (κ2) is 12.3. The lowest BCUT2D eigenvalue weighted by Gasteiger charge is -2.23. The summed E-state index contributed by atoms with van der Waals surface area (Å²) in [5.41, 5.74) is 1.69. The number of benzene rings is 2. The van der Waals surface area contributed by atoms with Gasteiger partial charge in [-0.2, -0.15) is 0 Å². The van der Waals surface area contributed by atoms with Crippen molar-refractivity contribution in [1.82, 2.24) is 5.32 Å². The summed E-state index contributed by atoms with van der Waals surface area (Å²) in [6, 6.07) is 12.4. The zero-order valence-corrected chi connectivity index (χ0v) is 19.0. The van der Waals surface area contributed by atoms with Gasteiger partial charge in [0.25, 0.3) is 5.91 Å². The molecule has 1 fully saturated rings. The van der Waals surface area contributed by atoms with Crippen LogP contribution in [0.4, 0.5) is 11.4 Å². The quantitative estimate of drug-likeness (QED) is 0.456. The molecule has 3 N–H and O–H groups in total. The third kappa shape index (κ3) is 7.43. The molecule has 0 radical (unpaired) electrons. The van der Waals surface area contributed by atoms with E-state index >= 15 is 0 Å². The highest BCUT2D eigenvalue weighted by molar-refractivity contribution is 6.34. The lowest BCUT2D eigenvalue weighted by atomic mass is 9.95.